The Morgan fingerprint density at radius 2 is 2.05 bits per heavy atom. The minimum Gasteiger partial charge on any atom is -0.444 e. The summed E-state index contributed by atoms with van der Waals surface area (Å²) in [4.78, 5) is 11.5. The van der Waals surface area contributed by atoms with Crippen molar-refractivity contribution in [3.05, 3.63) is 33.8 Å². The number of halogens is 2. The molecule has 1 atom stereocenters. The molecular formula is C14H20Cl2N2O2. The van der Waals surface area contributed by atoms with Gasteiger partial charge in [-0.15, -0.1) is 0 Å². The topological polar surface area (TPSA) is 64.3 Å². The van der Waals surface area contributed by atoms with Gasteiger partial charge in [-0.2, -0.15) is 0 Å². The van der Waals surface area contributed by atoms with Gasteiger partial charge >= 0.3 is 6.09 Å². The Labute approximate surface area is 129 Å². The molecule has 4 nitrogen and oxygen atoms in total. The molecule has 1 amide bonds. The Morgan fingerprint density at radius 3 is 2.60 bits per heavy atom. The Hall–Kier alpha value is -0.970. The van der Waals surface area contributed by atoms with Gasteiger partial charge in [0.15, 0.2) is 0 Å². The van der Waals surface area contributed by atoms with Gasteiger partial charge in [-0.05, 0) is 44.9 Å². The van der Waals surface area contributed by atoms with Crippen LogP contribution in [0.5, 0.6) is 0 Å². The maximum Gasteiger partial charge on any atom is 0.407 e. The highest BCUT2D eigenvalue weighted by molar-refractivity contribution is 6.35. The van der Waals surface area contributed by atoms with E-state index in [1.54, 1.807) is 32.9 Å². The van der Waals surface area contributed by atoms with Crippen molar-refractivity contribution < 1.29 is 9.53 Å². The lowest BCUT2D eigenvalue weighted by Crippen LogP contribution is -2.41. The molecule has 1 aromatic rings. The molecule has 112 valence electrons. The van der Waals surface area contributed by atoms with Crippen molar-refractivity contribution in [2.24, 2.45) is 5.73 Å². The van der Waals surface area contributed by atoms with Gasteiger partial charge in [-0.1, -0.05) is 29.3 Å². The summed E-state index contributed by atoms with van der Waals surface area (Å²) in [6.07, 6.45) is 0.0707. The first kappa shape index (κ1) is 17.1. The van der Waals surface area contributed by atoms with E-state index in [-0.39, 0.29) is 6.04 Å². The largest absolute Gasteiger partial charge is 0.444 e. The summed E-state index contributed by atoms with van der Waals surface area (Å²) >= 11 is 11.9. The highest BCUT2D eigenvalue weighted by Gasteiger charge is 2.16. The van der Waals surface area contributed by atoms with Crippen LogP contribution in [-0.2, 0) is 11.2 Å². The maximum absolute atomic E-state index is 11.5. The smallest absolute Gasteiger partial charge is 0.407 e. The Balaban J connectivity index is 2.44. The van der Waals surface area contributed by atoms with Crippen molar-refractivity contribution in [2.75, 3.05) is 6.54 Å². The molecule has 0 aliphatic rings. The van der Waals surface area contributed by atoms with Crippen molar-refractivity contribution in [1.82, 2.24) is 5.32 Å². The average molecular weight is 319 g/mol. The van der Waals surface area contributed by atoms with Crippen LogP contribution in [0.4, 0.5) is 4.79 Å². The molecule has 1 unspecified atom stereocenters. The second-order valence-electron chi connectivity index (χ2n) is 5.58. The Morgan fingerprint density at radius 1 is 1.40 bits per heavy atom. The SMILES string of the molecule is CC(C)(C)OC(=O)NCC(N)Cc1ccc(Cl)cc1Cl. The van der Waals surface area contributed by atoms with Crippen molar-refractivity contribution >= 4 is 29.3 Å². The standard InChI is InChI=1S/C14H20Cl2N2O2/c1-14(2,3)20-13(19)18-8-11(17)6-9-4-5-10(15)7-12(9)16/h4-5,7,11H,6,8,17H2,1-3H3,(H,18,19). The van der Waals surface area contributed by atoms with Crippen LogP contribution >= 0.6 is 23.2 Å². The molecule has 0 bridgehead atoms. The number of hydrogen-bond donors (Lipinski definition) is 2. The van der Waals surface area contributed by atoms with Crippen LogP contribution in [0.2, 0.25) is 10.0 Å². The van der Waals surface area contributed by atoms with Gasteiger partial charge in [0, 0.05) is 22.6 Å². The summed E-state index contributed by atoms with van der Waals surface area (Å²) in [6, 6.07) is 5.02. The summed E-state index contributed by atoms with van der Waals surface area (Å²) in [5.41, 5.74) is 6.34. The van der Waals surface area contributed by atoms with E-state index in [9.17, 15) is 4.79 Å². The third kappa shape index (κ3) is 6.46. The van der Waals surface area contributed by atoms with E-state index < -0.39 is 11.7 Å². The number of amides is 1. The summed E-state index contributed by atoms with van der Waals surface area (Å²) in [5.74, 6) is 0. The molecule has 3 N–H and O–H groups in total. The molecule has 6 heteroatoms. The number of hydrogen-bond acceptors (Lipinski definition) is 3. The molecule has 0 aromatic heterocycles. The molecule has 0 saturated carbocycles. The van der Waals surface area contributed by atoms with E-state index in [0.29, 0.717) is 23.0 Å². The normalized spacial score (nSPS) is 12.9. The fraction of sp³-hybridized carbons (Fsp3) is 0.500. The minimum absolute atomic E-state index is 0.249. The Bertz CT molecular complexity index is 473. The zero-order chi connectivity index (χ0) is 15.3. The van der Waals surface area contributed by atoms with Crippen LogP contribution < -0.4 is 11.1 Å². The molecule has 0 aliphatic heterocycles. The van der Waals surface area contributed by atoms with E-state index >= 15 is 0 Å². The molecule has 0 spiro atoms. The predicted octanol–water partition coefficient (Wildman–Crippen LogP) is 3.39. The number of carbonyl (C=O) groups is 1. The molecule has 0 radical (unpaired) electrons. The average Bonchev–Trinajstić information content (AvgIpc) is 2.28. The third-order valence-electron chi connectivity index (χ3n) is 2.40. The lowest BCUT2D eigenvalue weighted by Gasteiger charge is -2.21. The summed E-state index contributed by atoms with van der Waals surface area (Å²) in [6.45, 7) is 5.73. The fourth-order valence-electron chi connectivity index (χ4n) is 1.57. The number of nitrogens with one attached hydrogen (secondary N) is 1. The molecule has 0 aliphatic carbocycles. The van der Waals surface area contributed by atoms with Gasteiger partial charge in [0.05, 0.1) is 0 Å². The highest BCUT2D eigenvalue weighted by atomic mass is 35.5. The highest BCUT2D eigenvalue weighted by Crippen LogP contribution is 2.21. The summed E-state index contributed by atoms with van der Waals surface area (Å²) < 4.78 is 5.13. The second-order valence-corrected chi connectivity index (χ2v) is 6.43. The molecule has 20 heavy (non-hydrogen) atoms. The summed E-state index contributed by atoms with van der Waals surface area (Å²) in [5, 5.41) is 3.79. The monoisotopic (exact) mass is 318 g/mol. The van der Waals surface area contributed by atoms with E-state index in [0.717, 1.165) is 5.56 Å². The van der Waals surface area contributed by atoms with Gasteiger partial charge in [0.1, 0.15) is 5.60 Å². The first-order valence-corrected chi connectivity index (χ1v) is 7.09. The van der Waals surface area contributed by atoms with Gasteiger partial charge in [0.25, 0.3) is 0 Å². The first-order chi connectivity index (χ1) is 9.17. The number of benzene rings is 1. The van der Waals surface area contributed by atoms with Crippen LogP contribution in [0.1, 0.15) is 26.3 Å². The van der Waals surface area contributed by atoms with Gasteiger partial charge in [-0.3, -0.25) is 0 Å². The van der Waals surface area contributed by atoms with Crippen molar-refractivity contribution in [1.29, 1.82) is 0 Å². The number of nitrogens with two attached hydrogens (primary N) is 1. The number of ether oxygens (including phenoxy) is 1. The van der Waals surface area contributed by atoms with Crippen molar-refractivity contribution in [2.45, 2.75) is 38.8 Å². The zero-order valence-corrected chi connectivity index (χ0v) is 13.4. The van der Waals surface area contributed by atoms with Crippen LogP contribution in [0.25, 0.3) is 0 Å². The quantitative estimate of drug-likeness (QED) is 0.894. The van der Waals surface area contributed by atoms with Gasteiger partial charge in [-0.25, -0.2) is 4.79 Å². The number of carbonyl (C=O) groups excluding carboxylic acids is 1. The number of rotatable bonds is 4. The fourth-order valence-corrected chi connectivity index (χ4v) is 2.06. The minimum atomic E-state index is -0.520. The van der Waals surface area contributed by atoms with E-state index in [1.165, 1.54) is 0 Å². The van der Waals surface area contributed by atoms with Crippen molar-refractivity contribution in [3.8, 4) is 0 Å². The van der Waals surface area contributed by atoms with Crippen LogP contribution in [-0.4, -0.2) is 24.3 Å². The molecule has 1 rings (SSSR count). The predicted molar refractivity (Wildman–Crippen MR) is 82.4 cm³/mol. The zero-order valence-electron chi connectivity index (χ0n) is 11.9. The maximum atomic E-state index is 11.5. The summed E-state index contributed by atoms with van der Waals surface area (Å²) in [7, 11) is 0. The van der Waals surface area contributed by atoms with Crippen LogP contribution in [0.15, 0.2) is 18.2 Å². The van der Waals surface area contributed by atoms with E-state index in [4.69, 9.17) is 33.7 Å². The second kappa shape index (κ2) is 7.16. The number of alkyl carbamates (subject to hydrolysis) is 1. The van der Waals surface area contributed by atoms with E-state index in [1.807, 2.05) is 6.07 Å². The third-order valence-corrected chi connectivity index (χ3v) is 2.99. The van der Waals surface area contributed by atoms with Crippen LogP contribution in [0, 0.1) is 0 Å². The van der Waals surface area contributed by atoms with Gasteiger partial charge in [0.2, 0.25) is 0 Å². The molecule has 0 heterocycles. The lowest BCUT2D eigenvalue weighted by molar-refractivity contribution is 0.0524. The molecule has 1 aromatic carbocycles. The molecule has 0 saturated heterocycles. The Kier molecular flexibility index (Phi) is 6.11. The van der Waals surface area contributed by atoms with Crippen molar-refractivity contribution in [3.63, 3.8) is 0 Å². The molecule has 0 fully saturated rings. The van der Waals surface area contributed by atoms with E-state index in [2.05, 4.69) is 5.32 Å². The van der Waals surface area contributed by atoms with Crippen LogP contribution in [0.3, 0.4) is 0 Å². The van der Waals surface area contributed by atoms with Gasteiger partial charge < -0.3 is 15.8 Å². The lowest BCUT2D eigenvalue weighted by atomic mass is 10.1. The molecular weight excluding hydrogens is 299 g/mol. The first-order valence-electron chi connectivity index (χ1n) is 6.34.